The second kappa shape index (κ2) is 7.05. The molecule has 0 saturated carbocycles. The maximum Gasteiger partial charge on any atom is 0.232 e. The Hall–Kier alpha value is -1.39. The lowest BCUT2D eigenvalue weighted by Gasteiger charge is -2.21. The first-order valence-corrected chi connectivity index (χ1v) is 7.06. The highest BCUT2D eigenvalue weighted by molar-refractivity contribution is 5.85. The van der Waals surface area contributed by atoms with Crippen molar-refractivity contribution < 1.29 is 4.52 Å². The standard InChI is InChI=1S/C16H23N3O.ClH/c1-11(2)9-16(3,4)15-18-14(19-20-15)13-7-5-12(10-17)6-8-13;/h5-8,11H,9-10,17H2,1-4H3;1H. The molecular weight excluding hydrogens is 286 g/mol. The van der Waals surface area contributed by atoms with E-state index in [4.69, 9.17) is 10.3 Å². The molecule has 2 aromatic rings. The van der Waals surface area contributed by atoms with Gasteiger partial charge >= 0.3 is 0 Å². The molecule has 4 nitrogen and oxygen atoms in total. The average molecular weight is 310 g/mol. The molecule has 0 spiro atoms. The van der Waals surface area contributed by atoms with Crippen LogP contribution >= 0.6 is 12.4 Å². The van der Waals surface area contributed by atoms with Gasteiger partial charge in [0.15, 0.2) is 0 Å². The van der Waals surface area contributed by atoms with Gasteiger partial charge in [-0.3, -0.25) is 0 Å². The Balaban J connectivity index is 0.00000220. The Kier molecular flexibility index (Phi) is 5.93. The first kappa shape index (κ1) is 17.7. The first-order valence-electron chi connectivity index (χ1n) is 7.06. The normalized spacial score (nSPS) is 11.5. The summed E-state index contributed by atoms with van der Waals surface area (Å²) in [4.78, 5) is 4.55. The molecule has 0 aliphatic rings. The van der Waals surface area contributed by atoms with E-state index in [1.54, 1.807) is 0 Å². The predicted octanol–water partition coefficient (Wildman–Crippen LogP) is 3.94. The summed E-state index contributed by atoms with van der Waals surface area (Å²) in [6.45, 7) is 9.22. The first-order chi connectivity index (χ1) is 9.42. The Bertz CT molecular complexity index is 561. The van der Waals surface area contributed by atoms with Crippen LogP contribution < -0.4 is 5.73 Å². The van der Waals surface area contributed by atoms with Crippen LogP contribution in [0.4, 0.5) is 0 Å². The van der Waals surface area contributed by atoms with Gasteiger partial charge in [0, 0.05) is 17.5 Å². The number of nitrogens with zero attached hydrogens (tertiary/aromatic N) is 2. The number of nitrogens with two attached hydrogens (primary N) is 1. The van der Waals surface area contributed by atoms with Crippen molar-refractivity contribution in [3.63, 3.8) is 0 Å². The molecule has 0 fully saturated rings. The van der Waals surface area contributed by atoms with E-state index in [9.17, 15) is 0 Å². The fourth-order valence-electron chi connectivity index (χ4n) is 2.51. The van der Waals surface area contributed by atoms with E-state index in [1.807, 2.05) is 24.3 Å². The Morgan fingerprint density at radius 3 is 2.33 bits per heavy atom. The van der Waals surface area contributed by atoms with Crippen molar-refractivity contribution in [2.24, 2.45) is 11.7 Å². The molecule has 0 aliphatic heterocycles. The van der Waals surface area contributed by atoms with E-state index in [1.165, 1.54) is 0 Å². The average Bonchev–Trinajstić information content (AvgIpc) is 2.88. The van der Waals surface area contributed by atoms with Crippen molar-refractivity contribution in [3.8, 4) is 11.4 Å². The summed E-state index contributed by atoms with van der Waals surface area (Å²) >= 11 is 0. The molecule has 0 aliphatic carbocycles. The fraction of sp³-hybridized carbons (Fsp3) is 0.500. The van der Waals surface area contributed by atoms with Crippen LogP contribution in [0.2, 0.25) is 0 Å². The third kappa shape index (κ3) is 4.29. The van der Waals surface area contributed by atoms with Crippen molar-refractivity contribution in [2.45, 2.75) is 46.1 Å². The number of hydrogen-bond acceptors (Lipinski definition) is 4. The molecule has 1 heterocycles. The van der Waals surface area contributed by atoms with E-state index in [2.05, 4.69) is 37.8 Å². The van der Waals surface area contributed by atoms with Crippen molar-refractivity contribution in [1.29, 1.82) is 0 Å². The third-order valence-electron chi connectivity index (χ3n) is 3.37. The highest BCUT2D eigenvalue weighted by Crippen LogP contribution is 2.30. The van der Waals surface area contributed by atoms with Crippen molar-refractivity contribution >= 4 is 12.4 Å². The SMILES string of the molecule is CC(C)CC(C)(C)c1nc(-c2ccc(CN)cc2)no1.Cl. The lowest BCUT2D eigenvalue weighted by Crippen LogP contribution is -2.20. The Morgan fingerprint density at radius 2 is 1.81 bits per heavy atom. The van der Waals surface area contributed by atoms with Gasteiger partial charge in [-0.1, -0.05) is 57.1 Å². The Morgan fingerprint density at radius 1 is 1.19 bits per heavy atom. The Labute approximate surface area is 132 Å². The second-order valence-corrected chi connectivity index (χ2v) is 6.31. The topological polar surface area (TPSA) is 64.9 Å². The van der Waals surface area contributed by atoms with Gasteiger partial charge in [-0.05, 0) is 17.9 Å². The van der Waals surface area contributed by atoms with Crippen LogP contribution in [0.5, 0.6) is 0 Å². The van der Waals surface area contributed by atoms with Gasteiger partial charge < -0.3 is 10.3 Å². The summed E-state index contributed by atoms with van der Waals surface area (Å²) in [6.07, 6.45) is 1.01. The molecule has 0 radical (unpaired) electrons. The zero-order chi connectivity index (χ0) is 14.8. The van der Waals surface area contributed by atoms with E-state index < -0.39 is 0 Å². The number of rotatable bonds is 5. The van der Waals surface area contributed by atoms with E-state index in [0.717, 1.165) is 17.5 Å². The molecule has 1 aromatic carbocycles. The van der Waals surface area contributed by atoms with Gasteiger partial charge in [-0.2, -0.15) is 4.98 Å². The number of hydrogen-bond donors (Lipinski definition) is 1. The molecule has 0 unspecified atom stereocenters. The highest BCUT2D eigenvalue weighted by atomic mass is 35.5. The number of halogens is 1. The smallest absolute Gasteiger partial charge is 0.232 e. The number of benzene rings is 1. The molecule has 0 atom stereocenters. The monoisotopic (exact) mass is 309 g/mol. The lowest BCUT2D eigenvalue weighted by molar-refractivity contribution is 0.275. The van der Waals surface area contributed by atoms with Crippen LogP contribution in [0, 0.1) is 5.92 Å². The van der Waals surface area contributed by atoms with Crippen LogP contribution in [0.25, 0.3) is 11.4 Å². The molecule has 5 heteroatoms. The predicted molar refractivity (Wildman–Crippen MR) is 87.4 cm³/mol. The maximum absolute atomic E-state index is 5.60. The lowest BCUT2D eigenvalue weighted by atomic mass is 9.84. The molecule has 0 saturated heterocycles. The molecule has 116 valence electrons. The second-order valence-electron chi connectivity index (χ2n) is 6.31. The third-order valence-corrected chi connectivity index (χ3v) is 3.37. The molecular formula is C16H24ClN3O. The fourth-order valence-corrected chi connectivity index (χ4v) is 2.51. The van der Waals surface area contributed by atoms with Crippen molar-refractivity contribution in [3.05, 3.63) is 35.7 Å². The van der Waals surface area contributed by atoms with Gasteiger partial charge in [0.1, 0.15) is 0 Å². The molecule has 2 N–H and O–H groups in total. The summed E-state index contributed by atoms with van der Waals surface area (Å²) in [5, 5.41) is 4.10. The van der Waals surface area contributed by atoms with E-state index in [0.29, 0.717) is 24.2 Å². The van der Waals surface area contributed by atoms with Gasteiger partial charge in [0.25, 0.3) is 0 Å². The maximum atomic E-state index is 5.60. The largest absolute Gasteiger partial charge is 0.338 e. The minimum absolute atomic E-state index is 0. The van der Waals surface area contributed by atoms with Crippen LogP contribution in [0.1, 0.15) is 45.6 Å². The van der Waals surface area contributed by atoms with E-state index in [-0.39, 0.29) is 17.8 Å². The summed E-state index contributed by atoms with van der Waals surface area (Å²) in [5.74, 6) is 1.92. The summed E-state index contributed by atoms with van der Waals surface area (Å²) in [7, 11) is 0. The molecule has 0 bridgehead atoms. The minimum atomic E-state index is -0.101. The molecule has 0 amide bonds. The van der Waals surface area contributed by atoms with Crippen LogP contribution in [-0.2, 0) is 12.0 Å². The zero-order valence-electron chi connectivity index (χ0n) is 13.1. The minimum Gasteiger partial charge on any atom is -0.338 e. The summed E-state index contributed by atoms with van der Waals surface area (Å²) < 4.78 is 5.46. The van der Waals surface area contributed by atoms with Gasteiger partial charge in [-0.15, -0.1) is 12.4 Å². The van der Waals surface area contributed by atoms with Crippen LogP contribution in [0.3, 0.4) is 0 Å². The van der Waals surface area contributed by atoms with Crippen LogP contribution in [-0.4, -0.2) is 10.1 Å². The summed E-state index contributed by atoms with van der Waals surface area (Å²) in [5.41, 5.74) is 7.55. The van der Waals surface area contributed by atoms with Crippen molar-refractivity contribution in [1.82, 2.24) is 10.1 Å². The zero-order valence-corrected chi connectivity index (χ0v) is 13.9. The van der Waals surface area contributed by atoms with Gasteiger partial charge in [0.05, 0.1) is 0 Å². The van der Waals surface area contributed by atoms with Gasteiger partial charge in [-0.25, -0.2) is 0 Å². The molecule has 2 rings (SSSR count). The summed E-state index contributed by atoms with van der Waals surface area (Å²) in [6, 6.07) is 7.94. The molecule has 1 aromatic heterocycles. The van der Waals surface area contributed by atoms with Crippen LogP contribution in [0.15, 0.2) is 28.8 Å². The number of aromatic nitrogens is 2. The molecule has 21 heavy (non-hydrogen) atoms. The van der Waals surface area contributed by atoms with Crippen molar-refractivity contribution in [2.75, 3.05) is 0 Å². The highest BCUT2D eigenvalue weighted by Gasteiger charge is 2.28. The van der Waals surface area contributed by atoms with Gasteiger partial charge in [0.2, 0.25) is 11.7 Å². The quantitative estimate of drug-likeness (QED) is 0.908. The van der Waals surface area contributed by atoms with E-state index >= 15 is 0 Å².